The molecule has 138 valence electrons. The summed E-state index contributed by atoms with van der Waals surface area (Å²) < 4.78 is 10.0. The van der Waals surface area contributed by atoms with Gasteiger partial charge in [0.2, 0.25) is 0 Å². The Morgan fingerprint density at radius 1 is 1.15 bits per heavy atom. The molecule has 5 heteroatoms. The van der Waals surface area contributed by atoms with E-state index < -0.39 is 5.97 Å². The van der Waals surface area contributed by atoms with Gasteiger partial charge in [-0.2, -0.15) is 0 Å². The second kappa shape index (κ2) is 8.52. The molecule has 1 aromatic carbocycles. The van der Waals surface area contributed by atoms with E-state index in [0.717, 1.165) is 11.3 Å². The zero-order valence-corrected chi connectivity index (χ0v) is 15.7. The van der Waals surface area contributed by atoms with Crippen molar-refractivity contribution in [3.05, 3.63) is 71.3 Å². The van der Waals surface area contributed by atoms with Crippen LogP contribution in [0.3, 0.4) is 0 Å². The number of amides is 1. The maximum absolute atomic E-state index is 12.5. The second-order valence-corrected chi connectivity index (χ2v) is 7.01. The number of allylic oxidation sites excluding steroid dienone is 1. The molecule has 0 aliphatic rings. The molecule has 0 saturated heterocycles. The lowest BCUT2D eigenvalue weighted by molar-refractivity contribution is -0.136. The van der Waals surface area contributed by atoms with Crippen LogP contribution in [0.4, 0.5) is 0 Å². The number of ether oxygens (including phenoxy) is 1. The summed E-state index contributed by atoms with van der Waals surface area (Å²) in [5.41, 5.74) is 1.76. The second-order valence-electron chi connectivity index (χ2n) is 7.01. The number of nitrogens with one attached hydrogen (secondary N) is 1. The Hall–Kier alpha value is -2.82. The number of carbonyl (C=O) groups excluding carboxylic acids is 2. The van der Waals surface area contributed by atoms with Crippen molar-refractivity contribution in [2.45, 2.75) is 39.0 Å². The van der Waals surface area contributed by atoms with Gasteiger partial charge in [-0.25, -0.2) is 4.79 Å². The molecule has 1 aromatic heterocycles. The van der Waals surface area contributed by atoms with Crippen LogP contribution in [0.5, 0.6) is 0 Å². The van der Waals surface area contributed by atoms with Crippen LogP contribution < -0.4 is 5.32 Å². The molecule has 0 radical (unpaired) electrons. The topological polar surface area (TPSA) is 68.5 Å². The molecule has 1 heterocycles. The van der Waals surface area contributed by atoms with Gasteiger partial charge in [-0.1, -0.05) is 39.0 Å². The Labute approximate surface area is 154 Å². The predicted molar refractivity (Wildman–Crippen MR) is 99.7 cm³/mol. The number of methoxy groups -OCH3 is 1. The van der Waals surface area contributed by atoms with Gasteiger partial charge >= 0.3 is 5.97 Å². The maximum atomic E-state index is 12.5. The molecule has 26 heavy (non-hydrogen) atoms. The van der Waals surface area contributed by atoms with Crippen LogP contribution in [0.25, 0.3) is 0 Å². The summed E-state index contributed by atoms with van der Waals surface area (Å²) in [7, 11) is 1.28. The van der Waals surface area contributed by atoms with Crippen molar-refractivity contribution in [3.8, 4) is 0 Å². The predicted octanol–water partition coefficient (Wildman–Crippen LogP) is 4.00. The lowest BCUT2D eigenvalue weighted by atomic mass is 9.87. The highest BCUT2D eigenvalue weighted by Gasteiger charge is 2.17. The lowest BCUT2D eigenvalue weighted by Gasteiger charge is -2.19. The zero-order chi connectivity index (χ0) is 19.2. The summed E-state index contributed by atoms with van der Waals surface area (Å²) in [5, 5.41) is 2.64. The van der Waals surface area contributed by atoms with Gasteiger partial charge in [0.1, 0.15) is 11.5 Å². The standard InChI is InChI=1S/C21H25NO4/c1-21(2,3)16-12-10-15(11-13-16)19(23)22-18(20(24)25-4)9-5-7-17-8-6-14-26-17/h6,8-14H,5,7H2,1-4H3,(H,22,23)/b18-9+. The molecule has 0 fully saturated rings. The molecule has 0 bridgehead atoms. The van der Waals surface area contributed by atoms with E-state index in [0.29, 0.717) is 18.4 Å². The number of benzene rings is 1. The molecular weight excluding hydrogens is 330 g/mol. The van der Waals surface area contributed by atoms with Gasteiger partial charge in [0.05, 0.1) is 13.4 Å². The average Bonchev–Trinajstić information content (AvgIpc) is 3.13. The highest BCUT2D eigenvalue weighted by Crippen LogP contribution is 2.22. The molecule has 1 N–H and O–H groups in total. The van der Waals surface area contributed by atoms with Crippen molar-refractivity contribution >= 4 is 11.9 Å². The van der Waals surface area contributed by atoms with Crippen LogP contribution in [-0.2, 0) is 21.4 Å². The number of hydrogen-bond acceptors (Lipinski definition) is 4. The van der Waals surface area contributed by atoms with Gasteiger partial charge in [-0.05, 0) is 41.7 Å². The molecule has 0 aliphatic carbocycles. The van der Waals surface area contributed by atoms with E-state index in [-0.39, 0.29) is 17.0 Å². The van der Waals surface area contributed by atoms with E-state index in [1.54, 1.807) is 24.5 Å². The molecule has 2 rings (SSSR count). The monoisotopic (exact) mass is 355 g/mol. The number of rotatable bonds is 6. The number of hydrogen-bond donors (Lipinski definition) is 1. The first-order valence-corrected chi connectivity index (χ1v) is 8.54. The Bertz CT molecular complexity index is 765. The third-order valence-electron chi connectivity index (χ3n) is 3.99. The minimum Gasteiger partial charge on any atom is -0.469 e. The smallest absolute Gasteiger partial charge is 0.354 e. The van der Waals surface area contributed by atoms with Crippen LogP contribution in [0.2, 0.25) is 0 Å². The first kappa shape index (κ1) is 19.5. The van der Waals surface area contributed by atoms with E-state index in [9.17, 15) is 9.59 Å². The highest BCUT2D eigenvalue weighted by atomic mass is 16.5. The number of aryl methyl sites for hydroxylation is 1. The van der Waals surface area contributed by atoms with Crippen molar-refractivity contribution in [1.29, 1.82) is 0 Å². The Morgan fingerprint density at radius 2 is 1.85 bits per heavy atom. The third-order valence-corrected chi connectivity index (χ3v) is 3.99. The summed E-state index contributed by atoms with van der Waals surface area (Å²) >= 11 is 0. The first-order valence-electron chi connectivity index (χ1n) is 8.54. The van der Waals surface area contributed by atoms with Gasteiger partial charge in [-0.3, -0.25) is 4.79 Å². The van der Waals surface area contributed by atoms with E-state index >= 15 is 0 Å². The molecule has 0 unspecified atom stereocenters. The minimum atomic E-state index is -0.580. The fraction of sp³-hybridized carbons (Fsp3) is 0.333. The molecule has 1 amide bonds. The fourth-order valence-electron chi connectivity index (χ4n) is 2.43. The summed E-state index contributed by atoms with van der Waals surface area (Å²) in [4.78, 5) is 24.4. The summed E-state index contributed by atoms with van der Waals surface area (Å²) in [6.45, 7) is 6.33. The van der Waals surface area contributed by atoms with Crippen LogP contribution in [0.15, 0.2) is 58.9 Å². The van der Waals surface area contributed by atoms with Crippen molar-refractivity contribution in [3.63, 3.8) is 0 Å². The summed E-state index contributed by atoms with van der Waals surface area (Å²) in [6.07, 6.45) is 4.42. The van der Waals surface area contributed by atoms with E-state index in [2.05, 4.69) is 26.1 Å². The van der Waals surface area contributed by atoms with Crippen LogP contribution in [-0.4, -0.2) is 19.0 Å². The van der Waals surface area contributed by atoms with Crippen molar-refractivity contribution in [2.24, 2.45) is 0 Å². The molecular formula is C21H25NO4. The van der Waals surface area contributed by atoms with Crippen molar-refractivity contribution in [1.82, 2.24) is 5.32 Å². The van der Waals surface area contributed by atoms with Crippen molar-refractivity contribution in [2.75, 3.05) is 7.11 Å². The normalized spacial score (nSPS) is 11.9. The van der Waals surface area contributed by atoms with Gasteiger partial charge in [-0.15, -0.1) is 0 Å². The fourth-order valence-corrected chi connectivity index (χ4v) is 2.43. The van der Waals surface area contributed by atoms with Crippen molar-refractivity contribution < 1.29 is 18.7 Å². The SMILES string of the molecule is COC(=O)/C(=C\CCc1ccco1)NC(=O)c1ccc(C(C)(C)C)cc1. The Balaban J connectivity index is 2.06. The molecule has 5 nitrogen and oxygen atoms in total. The van der Waals surface area contributed by atoms with Crippen LogP contribution in [0.1, 0.15) is 48.9 Å². The molecule has 0 saturated carbocycles. The number of carbonyl (C=O) groups is 2. The number of esters is 1. The summed E-state index contributed by atoms with van der Waals surface area (Å²) in [6, 6.07) is 11.0. The van der Waals surface area contributed by atoms with E-state index in [1.165, 1.54) is 7.11 Å². The largest absolute Gasteiger partial charge is 0.469 e. The van der Waals surface area contributed by atoms with Gasteiger partial charge in [0.15, 0.2) is 0 Å². The average molecular weight is 355 g/mol. The maximum Gasteiger partial charge on any atom is 0.354 e. The quantitative estimate of drug-likeness (QED) is 0.628. The van der Waals surface area contributed by atoms with E-state index in [1.807, 2.05) is 24.3 Å². The molecule has 0 spiro atoms. The third kappa shape index (κ3) is 5.34. The lowest BCUT2D eigenvalue weighted by Crippen LogP contribution is -2.28. The minimum absolute atomic E-state index is 0.0118. The van der Waals surface area contributed by atoms with Gasteiger partial charge < -0.3 is 14.5 Å². The van der Waals surface area contributed by atoms with E-state index in [4.69, 9.17) is 9.15 Å². The van der Waals surface area contributed by atoms with Gasteiger partial charge in [0, 0.05) is 12.0 Å². The Kier molecular flexibility index (Phi) is 6.39. The van der Waals surface area contributed by atoms with Gasteiger partial charge in [0.25, 0.3) is 5.91 Å². The first-order chi connectivity index (χ1) is 12.3. The molecule has 0 atom stereocenters. The molecule has 2 aromatic rings. The zero-order valence-electron chi connectivity index (χ0n) is 15.7. The highest BCUT2D eigenvalue weighted by molar-refractivity contribution is 6.01. The number of furan rings is 1. The van der Waals surface area contributed by atoms with Crippen LogP contribution in [0, 0.1) is 0 Å². The van der Waals surface area contributed by atoms with Crippen LogP contribution >= 0.6 is 0 Å². The Morgan fingerprint density at radius 3 is 2.38 bits per heavy atom. The molecule has 0 aliphatic heterocycles. The summed E-state index contributed by atoms with van der Waals surface area (Å²) in [5.74, 6) is -0.112.